The third-order valence-electron chi connectivity index (χ3n) is 11.6. The largest absolute Gasteiger partial charge is 0.378 e. The van der Waals surface area contributed by atoms with Crippen LogP contribution in [0.3, 0.4) is 0 Å². The monoisotopic (exact) mass is 631 g/mol. The Kier molecular flexibility index (Phi) is 10.00. The second-order valence-corrected chi connectivity index (χ2v) is 14.5. The topological polar surface area (TPSA) is 113 Å². The lowest BCUT2D eigenvalue weighted by molar-refractivity contribution is -0.134. The maximum Gasteiger partial charge on any atom is 0.320 e. The van der Waals surface area contributed by atoms with Crippen LogP contribution in [0.25, 0.3) is 0 Å². The van der Waals surface area contributed by atoms with Crippen molar-refractivity contribution in [1.82, 2.24) is 30.7 Å². The zero-order chi connectivity index (χ0) is 31.8. The van der Waals surface area contributed by atoms with Crippen LogP contribution in [0, 0.1) is 35.0 Å². The van der Waals surface area contributed by atoms with Gasteiger partial charge < -0.3 is 25.2 Å². The maximum absolute atomic E-state index is 16.5. The molecule has 250 valence electrons. The lowest BCUT2D eigenvalue weighted by atomic mass is 9.72. The molecule has 3 N–H and O–H groups in total. The Morgan fingerprint density at radius 1 is 1.11 bits per heavy atom. The van der Waals surface area contributed by atoms with Gasteiger partial charge in [-0.3, -0.25) is 15.0 Å². The van der Waals surface area contributed by atoms with Crippen molar-refractivity contribution < 1.29 is 23.1 Å². The molecule has 6 rings (SSSR count). The highest BCUT2D eigenvalue weighted by molar-refractivity contribution is 5.88. The van der Waals surface area contributed by atoms with E-state index in [1.54, 1.807) is 4.90 Å². The van der Waals surface area contributed by atoms with Crippen LogP contribution in [-0.2, 0) is 9.53 Å². The average molecular weight is 632 g/mol. The quantitative estimate of drug-likeness (QED) is 0.325. The van der Waals surface area contributed by atoms with E-state index in [0.29, 0.717) is 32.7 Å². The molecule has 0 aromatic carbocycles. The van der Waals surface area contributed by atoms with Gasteiger partial charge in [0, 0.05) is 68.4 Å². The van der Waals surface area contributed by atoms with Crippen LogP contribution in [0.15, 0.2) is 12.2 Å². The average Bonchev–Trinajstić information content (AvgIpc) is 3.01. The summed E-state index contributed by atoms with van der Waals surface area (Å²) in [5.41, 5.74) is 0. The number of rotatable bonds is 3. The molecule has 0 aromatic heterocycles. The number of hydrogen-bond donors (Lipinski definition) is 3. The van der Waals surface area contributed by atoms with E-state index in [-0.39, 0.29) is 60.3 Å². The Balaban J connectivity index is 1.35. The van der Waals surface area contributed by atoms with E-state index < -0.39 is 36.6 Å². The summed E-state index contributed by atoms with van der Waals surface area (Å²) in [5.74, 6) is -0.559. The van der Waals surface area contributed by atoms with E-state index in [0.717, 1.165) is 38.6 Å². The molecule has 10 nitrogen and oxygen atoms in total. The molecule has 6 aliphatic rings. The van der Waals surface area contributed by atoms with Crippen molar-refractivity contribution in [3.63, 3.8) is 0 Å². The molecule has 5 heterocycles. The zero-order valence-electron chi connectivity index (χ0n) is 26.9. The van der Waals surface area contributed by atoms with Gasteiger partial charge in [-0.2, -0.15) is 5.26 Å². The summed E-state index contributed by atoms with van der Waals surface area (Å²) in [6, 6.07) is 0.834. The molecular formula is C33H51F2N7O3. The smallest absolute Gasteiger partial charge is 0.320 e. The molecule has 1 aliphatic carbocycles. The Labute approximate surface area is 266 Å². The molecule has 2 bridgehead atoms. The van der Waals surface area contributed by atoms with Gasteiger partial charge in [-0.15, -0.1) is 0 Å². The molecule has 11 unspecified atom stereocenters. The second kappa shape index (κ2) is 13.8. The second-order valence-electron chi connectivity index (χ2n) is 14.5. The van der Waals surface area contributed by atoms with Gasteiger partial charge in [0.15, 0.2) is 0 Å². The van der Waals surface area contributed by atoms with Crippen LogP contribution in [0.4, 0.5) is 13.6 Å². The highest BCUT2D eigenvalue weighted by atomic mass is 19.1. The number of ether oxygens (including phenoxy) is 1. The first-order chi connectivity index (χ1) is 21.7. The fraction of sp³-hybridized carbons (Fsp3) is 0.848. The molecule has 1 saturated carbocycles. The van der Waals surface area contributed by atoms with Gasteiger partial charge in [-0.05, 0) is 70.3 Å². The van der Waals surface area contributed by atoms with E-state index in [1.165, 1.54) is 12.2 Å². The molecule has 5 saturated heterocycles. The molecule has 6 fully saturated rings. The first-order valence-corrected chi connectivity index (χ1v) is 17.3. The molecular weight excluding hydrogens is 580 g/mol. The van der Waals surface area contributed by atoms with Crippen molar-refractivity contribution in [3.05, 3.63) is 12.2 Å². The first-order valence-electron chi connectivity index (χ1n) is 17.3. The van der Waals surface area contributed by atoms with Crippen LogP contribution < -0.4 is 16.0 Å². The van der Waals surface area contributed by atoms with Gasteiger partial charge in [0.2, 0.25) is 5.91 Å². The summed E-state index contributed by atoms with van der Waals surface area (Å²) in [6.07, 6.45) is 3.54. The van der Waals surface area contributed by atoms with E-state index in [9.17, 15) is 9.59 Å². The van der Waals surface area contributed by atoms with Crippen LogP contribution in [0.2, 0.25) is 0 Å². The van der Waals surface area contributed by atoms with Gasteiger partial charge in [0.1, 0.15) is 12.3 Å². The van der Waals surface area contributed by atoms with Crippen LogP contribution >= 0.6 is 0 Å². The Bertz CT molecular complexity index is 1150. The lowest BCUT2D eigenvalue weighted by Crippen LogP contribution is -2.80. The predicted octanol–water partition coefficient (Wildman–Crippen LogP) is 2.91. The molecule has 0 spiro atoms. The number of nitrogens with one attached hydrogen (secondary N) is 3. The van der Waals surface area contributed by atoms with Crippen molar-refractivity contribution in [1.29, 1.82) is 5.26 Å². The highest BCUT2D eigenvalue weighted by Crippen LogP contribution is 2.43. The van der Waals surface area contributed by atoms with Crippen molar-refractivity contribution >= 4 is 11.9 Å². The first kappa shape index (κ1) is 32.6. The fourth-order valence-electron chi connectivity index (χ4n) is 9.51. The molecule has 3 amide bonds. The minimum Gasteiger partial charge on any atom is -0.378 e. The number of amides is 3. The van der Waals surface area contributed by atoms with E-state index in [2.05, 4.69) is 34.7 Å². The molecule has 12 heteroatoms. The van der Waals surface area contributed by atoms with Gasteiger partial charge in [0.25, 0.3) is 0 Å². The van der Waals surface area contributed by atoms with Crippen molar-refractivity contribution in [2.24, 2.45) is 23.7 Å². The van der Waals surface area contributed by atoms with E-state index >= 15 is 8.78 Å². The zero-order valence-corrected chi connectivity index (χ0v) is 26.9. The Morgan fingerprint density at radius 3 is 2.69 bits per heavy atom. The summed E-state index contributed by atoms with van der Waals surface area (Å²) in [5, 5.41) is 19.5. The molecule has 45 heavy (non-hydrogen) atoms. The number of allylic oxidation sites excluding steroid dienone is 1. The normalized spacial score (nSPS) is 43.0. The van der Waals surface area contributed by atoms with Crippen LogP contribution in [0.5, 0.6) is 0 Å². The lowest BCUT2D eigenvalue weighted by Gasteiger charge is -2.60. The Morgan fingerprint density at radius 2 is 1.93 bits per heavy atom. The number of alkyl halides is 2. The van der Waals surface area contributed by atoms with Gasteiger partial charge in [-0.1, -0.05) is 13.8 Å². The number of carbonyl (C=O) groups is 2. The number of carbonyl (C=O) groups excluding carboxylic acids is 2. The number of piperidine rings is 2. The summed E-state index contributed by atoms with van der Waals surface area (Å²) >= 11 is 0. The minimum atomic E-state index is -1.29. The predicted molar refractivity (Wildman–Crippen MR) is 165 cm³/mol. The molecule has 12 atom stereocenters. The number of urea groups is 1. The Hall–Kier alpha value is -2.33. The fourth-order valence-corrected chi connectivity index (χ4v) is 9.51. The number of fused-ring (bicyclic) bond motifs is 5. The maximum atomic E-state index is 16.5. The van der Waals surface area contributed by atoms with Crippen LogP contribution in [-0.4, -0.2) is 114 Å². The SMILES string of the molecule is CC(C)C1NCCC2CCCOC3CCCC(F)C3C3NC4C(CC3F)C(N3CCN(C(=O)/C=C/C#N)C[C@@H]3C)NC(=O)N4C21. The van der Waals surface area contributed by atoms with Gasteiger partial charge in [0.05, 0.1) is 30.5 Å². The van der Waals surface area contributed by atoms with Gasteiger partial charge in [-0.25, -0.2) is 13.6 Å². The highest BCUT2D eigenvalue weighted by Gasteiger charge is 2.57. The van der Waals surface area contributed by atoms with E-state index in [4.69, 9.17) is 10.00 Å². The number of piperazine rings is 1. The number of halogens is 2. The number of nitriles is 1. The molecule has 5 aliphatic heterocycles. The number of nitrogens with zero attached hydrogens (tertiary/aromatic N) is 4. The summed E-state index contributed by atoms with van der Waals surface area (Å²) in [4.78, 5) is 33.0. The third-order valence-corrected chi connectivity index (χ3v) is 11.6. The molecule has 0 radical (unpaired) electrons. The summed E-state index contributed by atoms with van der Waals surface area (Å²) in [7, 11) is 0. The number of hydrogen-bond acceptors (Lipinski definition) is 7. The standard InChI is InChI=1S/C33H51F2N7O3/c1-19(2)28-30-21(11-13-37-28)7-6-16-45-25-9-4-8-23(34)27(25)29-24(35)17-22-31(39-33(44)42(30)32(22)38-29)41-15-14-40(18-20(41)3)26(43)10-5-12-36/h5,10,19-25,27-32,37-38H,4,6-9,11,13-18H2,1-3H3,(H,39,44)/b10-5+/t20-,21?,22?,23?,24?,25?,27?,28?,29?,30?,31?,32?/m0/s1. The van der Waals surface area contributed by atoms with Crippen LogP contribution in [0.1, 0.15) is 65.7 Å². The van der Waals surface area contributed by atoms with Crippen molar-refractivity contribution in [2.75, 3.05) is 32.8 Å². The van der Waals surface area contributed by atoms with Crippen molar-refractivity contribution in [2.45, 2.75) is 121 Å². The van der Waals surface area contributed by atoms with E-state index in [1.807, 2.05) is 17.9 Å². The summed E-state index contributed by atoms with van der Waals surface area (Å²) in [6.45, 7) is 9.19. The minimum absolute atomic E-state index is 0.0743. The van der Waals surface area contributed by atoms with Crippen molar-refractivity contribution in [3.8, 4) is 6.07 Å². The third kappa shape index (κ3) is 6.34. The molecule has 0 aromatic rings. The van der Waals surface area contributed by atoms with Gasteiger partial charge >= 0.3 is 6.03 Å². The summed E-state index contributed by atoms with van der Waals surface area (Å²) < 4.78 is 38.7.